The van der Waals surface area contributed by atoms with Crippen molar-refractivity contribution in [2.75, 3.05) is 6.54 Å². The van der Waals surface area contributed by atoms with Crippen LogP contribution in [-0.4, -0.2) is 27.5 Å². The number of nitrogens with zero attached hydrogens (tertiary/aromatic N) is 3. The van der Waals surface area contributed by atoms with E-state index in [1.165, 1.54) is 0 Å². The zero-order chi connectivity index (χ0) is 15.5. The maximum Gasteiger partial charge on any atom is 0.227 e. The lowest BCUT2D eigenvalue weighted by molar-refractivity contribution is -0.132. The summed E-state index contributed by atoms with van der Waals surface area (Å²) in [6, 6.07) is 7.82. The first-order valence-corrected chi connectivity index (χ1v) is 7.86. The van der Waals surface area contributed by atoms with Crippen molar-refractivity contribution < 1.29 is 9.32 Å². The van der Waals surface area contributed by atoms with Crippen molar-refractivity contribution in [3.8, 4) is 0 Å². The van der Waals surface area contributed by atoms with Gasteiger partial charge >= 0.3 is 0 Å². The highest BCUT2D eigenvalue weighted by molar-refractivity contribution is 6.31. The molecule has 1 fully saturated rings. The van der Waals surface area contributed by atoms with Gasteiger partial charge in [0.25, 0.3) is 0 Å². The van der Waals surface area contributed by atoms with E-state index in [1.54, 1.807) is 6.92 Å². The van der Waals surface area contributed by atoms with Crippen LogP contribution in [-0.2, 0) is 11.2 Å². The second-order valence-corrected chi connectivity index (χ2v) is 5.91. The summed E-state index contributed by atoms with van der Waals surface area (Å²) in [6.07, 6.45) is 2.81. The summed E-state index contributed by atoms with van der Waals surface area (Å²) in [6.45, 7) is 2.54. The molecule has 22 heavy (non-hydrogen) atoms. The molecule has 0 saturated carbocycles. The van der Waals surface area contributed by atoms with Gasteiger partial charge in [0.05, 0.1) is 6.04 Å². The average molecular weight is 320 g/mol. The summed E-state index contributed by atoms with van der Waals surface area (Å²) < 4.78 is 5.05. The molecule has 1 aliphatic heterocycles. The van der Waals surface area contributed by atoms with Crippen molar-refractivity contribution in [1.82, 2.24) is 15.0 Å². The monoisotopic (exact) mass is 319 g/mol. The highest BCUT2D eigenvalue weighted by Gasteiger charge is 2.30. The van der Waals surface area contributed by atoms with Crippen LogP contribution in [0, 0.1) is 6.92 Å². The lowest BCUT2D eigenvalue weighted by Gasteiger charge is -2.25. The number of benzene rings is 1. The van der Waals surface area contributed by atoms with Gasteiger partial charge in [0, 0.05) is 24.4 Å². The van der Waals surface area contributed by atoms with Crippen molar-refractivity contribution in [2.45, 2.75) is 38.6 Å². The Labute approximate surface area is 134 Å². The summed E-state index contributed by atoms with van der Waals surface area (Å²) in [5, 5.41) is 4.46. The third-order valence-corrected chi connectivity index (χ3v) is 4.30. The van der Waals surface area contributed by atoms with E-state index in [4.69, 9.17) is 16.1 Å². The fourth-order valence-corrected chi connectivity index (χ4v) is 3.19. The zero-order valence-electron chi connectivity index (χ0n) is 12.5. The van der Waals surface area contributed by atoms with Gasteiger partial charge in [-0.1, -0.05) is 35.0 Å². The molecule has 1 atom stereocenters. The molecule has 1 unspecified atom stereocenters. The van der Waals surface area contributed by atoms with Crippen molar-refractivity contribution >= 4 is 17.5 Å². The number of rotatable bonds is 4. The molecule has 6 heteroatoms. The van der Waals surface area contributed by atoms with Crippen LogP contribution in [0.1, 0.15) is 42.6 Å². The number of carbonyl (C=O) groups is 1. The van der Waals surface area contributed by atoms with Gasteiger partial charge in [-0.25, -0.2) is 0 Å². The predicted molar refractivity (Wildman–Crippen MR) is 82.5 cm³/mol. The summed E-state index contributed by atoms with van der Waals surface area (Å²) >= 11 is 6.28. The number of halogens is 1. The van der Waals surface area contributed by atoms with E-state index in [1.807, 2.05) is 29.2 Å². The first-order valence-electron chi connectivity index (χ1n) is 7.48. The predicted octanol–water partition coefficient (Wildman–Crippen LogP) is 3.33. The van der Waals surface area contributed by atoms with Crippen molar-refractivity contribution in [2.24, 2.45) is 0 Å². The first-order chi connectivity index (χ1) is 10.6. The van der Waals surface area contributed by atoms with Crippen LogP contribution in [0.2, 0.25) is 5.02 Å². The van der Waals surface area contributed by atoms with Gasteiger partial charge in [-0.3, -0.25) is 4.79 Å². The van der Waals surface area contributed by atoms with Crippen LogP contribution < -0.4 is 0 Å². The Hall–Kier alpha value is -1.88. The fraction of sp³-hybridized carbons (Fsp3) is 0.438. The average Bonchev–Trinajstić information content (AvgIpc) is 3.14. The van der Waals surface area contributed by atoms with E-state index < -0.39 is 0 Å². The Kier molecular flexibility index (Phi) is 4.43. The summed E-state index contributed by atoms with van der Waals surface area (Å²) in [5.41, 5.74) is 1.03. The molecular formula is C16H18ClN3O2. The molecule has 1 saturated heterocycles. The SMILES string of the molecule is Cc1noc(CCC(=O)N2CCCC2c2ccccc2Cl)n1. The minimum atomic E-state index is 0.0746. The van der Waals surface area contributed by atoms with Gasteiger partial charge in [0.2, 0.25) is 11.8 Å². The van der Waals surface area contributed by atoms with Crippen LogP contribution in [0.4, 0.5) is 0 Å². The molecular weight excluding hydrogens is 302 g/mol. The van der Waals surface area contributed by atoms with Gasteiger partial charge in [-0.15, -0.1) is 0 Å². The number of carbonyl (C=O) groups excluding carboxylic acids is 1. The fourth-order valence-electron chi connectivity index (χ4n) is 2.93. The molecule has 116 valence electrons. The van der Waals surface area contributed by atoms with Gasteiger partial charge in [-0.2, -0.15) is 4.98 Å². The van der Waals surface area contributed by atoms with Crippen molar-refractivity contribution in [1.29, 1.82) is 0 Å². The number of hydrogen-bond donors (Lipinski definition) is 0. The maximum atomic E-state index is 12.5. The molecule has 0 radical (unpaired) electrons. The molecule has 0 aliphatic carbocycles. The first kappa shape index (κ1) is 15.0. The van der Waals surface area contributed by atoms with Crippen LogP contribution in [0.3, 0.4) is 0 Å². The van der Waals surface area contributed by atoms with Crippen molar-refractivity contribution in [3.63, 3.8) is 0 Å². The summed E-state index contributed by atoms with van der Waals surface area (Å²) in [5.74, 6) is 1.22. The second-order valence-electron chi connectivity index (χ2n) is 5.50. The Morgan fingerprint density at radius 3 is 3.00 bits per heavy atom. The highest BCUT2D eigenvalue weighted by Crippen LogP contribution is 2.36. The summed E-state index contributed by atoms with van der Waals surface area (Å²) in [7, 11) is 0. The number of likely N-dealkylation sites (tertiary alicyclic amines) is 1. The largest absolute Gasteiger partial charge is 0.339 e. The highest BCUT2D eigenvalue weighted by atomic mass is 35.5. The molecule has 2 heterocycles. The van der Waals surface area contributed by atoms with Crippen molar-refractivity contribution in [3.05, 3.63) is 46.6 Å². The number of aryl methyl sites for hydroxylation is 2. The van der Waals surface area contributed by atoms with Crippen LogP contribution in [0.25, 0.3) is 0 Å². The number of amides is 1. The Morgan fingerprint density at radius 2 is 2.27 bits per heavy atom. The molecule has 0 bridgehead atoms. The molecule has 3 rings (SSSR count). The molecule has 1 amide bonds. The Morgan fingerprint density at radius 1 is 1.45 bits per heavy atom. The standard InChI is InChI=1S/C16H18ClN3O2/c1-11-18-15(22-19-11)8-9-16(21)20-10-4-7-14(20)12-5-2-3-6-13(12)17/h2-3,5-6,14H,4,7-10H2,1H3. The lowest BCUT2D eigenvalue weighted by Crippen LogP contribution is -2.30. The molecule has 0 N–H and O–H groups in total. The molecule has 2 aromatic rings. The zero-order valence-corrected chi connectivity index (χ0v) is 13.2. The van der Waals surface area contributed by atoms with Gasteiger partial charge in [-0.05, 0) is 31.4 Å². The Balaban J connectivity index is 1.67. The van der Waals surface area contributed by atoms with Gasteiger partial charge in [0.1, 0.15) is 0 Å². The molecule has 1 aliphatic rings. The third kappa shape index (κ3) is 3.14. The Bertz CT molecular complexity index is 671. The smallest absolute Gasteiger partial charge is 0.227 e. The normalized spacial score (nSPS) is 17.9. The quantitative estimate of drug-likeness (QED) is 0.867. The van der Waals surface area contributed by atoms with Crippen LogP contribution in [0.5, 0.6) is 0 Å². The topological polar surface area (TPSA) is 59.2 Å². The minimum absolute atomic E-state index is 0.0746. The van der Waals surface area contributed by atoms with E-state index >= 15 is 0 Å². The third-order valence-electron chi connectivity index (χ3n) is 3.96. The van der Waals surface area contributed by atoms with Crippen LogP contribution in [0.15, 0.2) is 28.8 Å². The van der Waals surface area contributed by atoms with Crippen LogP contribution >= 0.6 is 11.6 Å². The van der Waals surface area contributed by atoms with E-state index in [-0.39, 0.29) is 11.9 Å². The number of hydrogen-bond acceptors (Lipinski definition) is 4. The maximum absolute atomic E-state index is 12.5. The molecule has 1 aromatic heterocycles. The van der Waals surface area contributed by atoms with E-state index in [9.17, 15) is 4.79 Å². The van der Waals surface area contributed by atoms with Gasteiger partial charge < -0.3 is 9.42 Å². The lowest BCUT2D eigenvalue weighted by atomic mass is 10.0. The molecule has 1 aromatic carbocycles. The van der Waals surface area contributed by atoms with Gasteiger partial charge in [0.15, 0.2) is 5.82 Å². The molecule has 5 nitrogen and oxygen atoms in total. The van der Waals surface area contributed by atoms with E-state index in [0.717, 1.165) is 30.0 Å². The second kappa shape index (κ2) is 6.48. The number of aromatic nitrogens is 2. The van der Waals surface area contributed by atoms with E-state index in [2.05, 4.69) is 10.1 Å². The minimum Gasteiger partial charge on any atom is -0.339 e. The summed E-state index contributed by atoms with van der Waals surface area (Å²) in [4.78, 5) is 18.6. The molecule has 0 spiro atoms. The van der Waals surface area contributed by atoms with E-state index in [0.29, 0.717) is 24.6 Å².